The Kier molecular flexibility index (Phi) is 8.23. The number of Topliss-reactive ketones (excluding diaryl/α,β-unsaturated/α-hetero) is 1. The van der Waals surface area contributed by atoms with Crippen LogP contribution in [0.2, 0.25) is 0 Å². The Balaban J connectivity index is 2.24. The fraction of sp³-hybridized carbons (Fsp3) is 0.286. The monoisotopic (exact) mass is 416 g/mol. The highest BCUT2D eigenvalue weighted by molar-refractivity contribution is 8.04. The standard InChI is InChI=1S/C21H24N2O5S/c1-4-16(28-3)11-10-15(2)18(25)12-23-17-8-6-5-7-9-19(17)29-20(21(23)26)13-22(27)14-24/h4-6,8-11,14,20,27H,2,7,12-13H2,1,3H3/b11-10-,16-4+. The highest BCUT2D eigenvalue weighted by Gasteiger charge is 2.37. The highest BCUT2D eigenvalue weighted by Crippen LogP contribution is 2.38. The van der Waals surface area contributed by atoms with Gasteiger partial charge in [-0.15, -0.1) is 11.8 Å². The van der Waals surface area contributed by atoms with Gasteiger partial charge in [0.2, 0.25) is 12.3 Å². The van der Waals surface area contributed by atoms with Crippen LogP contribution in [0, 0.1) is 0 Å². The lowest BCUT2D eigenvalue weighted by Gasteiger charge is -2.35. The summed E-state index contributed by atoms with van der Waals surface area (Å²) < 4.78 is 5.12. The van der Waals surface area contributed by atoms with E-state index in [1.165, 1.54) is 23.8 Å². The van der Waals surface area contributed by atoms with Crippen LogP contribution in [0.1, 0.15) is 13.3 Å². The number of rotatable bonds is 9. The first-order valence-electron chi connectivity index (χ1n) is 8.98. The van der Waals surface area contributed by atoms with Crippen molar-refractivity contribution < 1.29 is 24.3 Å². The summed E-state index contributed by atoms with van der Waals surface area (Å²) in [5.74, 6) is -0.0921. The molecule has 1 unspecified atom stereocenters. The zero-order valence-corrected chi connectivity index (χ0v) is 17.2. The second-order valence-corrected chi connectivity index (χ2v) is 7.46. The molecule has 0 aromatic heterocycles. The number of carbonyl (C=O) groups excluding carboxylic acids is 3. The Bertz CT molecular complexity index is 838. The van der Waals surface area contributed by atoms with E-state index in [9.17, 15) is 19.6 Å². The molecule has 2 rings (SSSR count). The molecule has 2 amide bonds. The van der Waals surface area contributed by atoms with Gasteiger partial charge in [0.15, 0.2) is 5.78 Å². The molecule has 1 atom stereocenters. The number of hydroxylamine groups is 2. The molecule has 0 aromatic carbocycles. The first kappa shape index (κ1) is 22.4. The van der Waals surface area contributed by atoms with Crippen LogP contribution in [0.15, 0.2) is 71.0 Å². The van der Waals surface area contributed by atoms with Gasteiger partial charge in [-0.3, -0.25) is 19.6 Å². The summed E-state index contributed by atoms with van der Waals surface area (Å²) in [6.45, 7) is 5.23. The van der Waals surface area contributed by atoms with Crippen molar-refractivity contribution in [1.82, 2.24) is 9.96 Å². The average Bonchev–Trinajstić information content (AvgIpc) is 2.96. The number of methoxy groups -OCH3 is 1. The molecule has 1 aliphatic heterocycles. The number of carbonyl (C=O) groups is 3. The van der Waals surface area contributed by atoms with Crippen LogP contribution in [-0.4, -0.2) is 58.7 Å². The zero-order chi connectivity index (χ0) is 21.4. The Hall–Kier alpha value is -2.84. The number of ketones is 1. The van der Waals surface area contributed by atoms with Crippen LogP contribution in [-0.2, 0) is 19.1 Å². The number of thioether (sulfide) groups is 1. The average molecular weight is 416 g/mol. The largest absolute Gasteiger partial charge is 0.497 e. The Morgan fingerprint density at radius 2 is 2.24 bits per heavy atom. The van der Waals surface area contributed by atoms with E-state index in [0.717, 1.165) is 4.91 Å². The van der Waals surface area contributed by atoms with Gasteiger partial charge in [-0.05, 0) is 37.6 Å². The van der Waals surface area contributed by atoms with E-state index in [4.69, 9.17) is 4.74 Å². The Labute approximate surface area is 174 Å². The molecule has 1 heterocycles. The van der Waals surface area contributed by atoms with Gasteiger partial charge in [-0.2, -0.15) is 0 Å². The molecular weight excluding hydrogens is 392 g/mol. The zero-order valence-electron chi connectivity index (χ0n) is 16.4. The van der Waals surface area contributed by atoms with Gasteiger partial charge in [-0.1, -0.05) is 24.8 Å². The summed E-state index contributed by atoms with van der Waals surface area (Å²) in [5, 5.41) is 9.25. The number of allylic oxidation sites excluding steroid dienone is 7. The molecule has 7 nitrogen and oxygen atoms in total. The molecule has 1 aliphatic carbocycles. The van der Waals surface area contributed by atoms with Crippen LogP contribution in [0.3, 0.4) is 0 Å². The minimum atomic E-state index is -0.716. The lowest BCUT2D eigenvalue weighted by molar-refractivity contribution is -0.151. The molecule has 0 bridgehead atoms. The van der Waals surface area contributed by atoms with E-state index in [2.05, 4.69) is 6.58 Å². The van der Waals surface area contributed by atoms with Crippen LogP contribution in [0.4, 0.5) is 0 Å². The van der Waals surface area contributed by atoms with Gasteiger partial charge in [0.1, 0.15) is 11.0 Å². The van der Waals surface area contributed by atoms with E-state index in [-0.39, 0.29) is 36.8 Å². The van der Waals surface area contributed by atoms with Crippen molar-refractivity contribution >= 4 is 29.9 Å². The van der Waals surface area contributed by atoms with Gasteiger partial charge < -0.3 is 9.64 Å². The molecule has 1 fully saturated rings. The second kappa shape index (κ2) is 10.6. The maximum absolute atomic E-state index is 13.0. The summed E-state index contributed by atoms with van der Waals surface area (Å²) >= 11 is 1.27. The molecule has 1 N–H and O–H groups in total. The molecular formula is C21H24N2O5S. The summed E-state index contributed by atoms with van der Waals surface area (Å²) in [4.78, 5) is 38.7. The number of ether oxygens (including phenoxy) is 1. The van der Waals surface area contributed by atoms with Gasteiger partial charge in [0.25, 0.3) is 0 Å². The predicted octanol–water partition coefficient (Wildman–Crippen LogP) is 2.74. The van der Waals surface area contributed by atoms with E-state index in [1.807, 2.05) is 25.2 Å². The Morgan fingerprint density at radius 1 is 1.48 bits per heavy atom. The predicted molar refractivity (Wildman–Crippen MR) is 112 cm³/mol. The minimum absolute atomic E-state index is 0.172. The summed E-state index contributed by atoms with van der Waals surface area (Å²) in [6.07, 6.45) is 13.4. The fourth-order valence-corrected chi connectivity index (χ4v) is 3.97. The van der Waals surface area contributed by atoms with E-state index in [0.29, 0.717) is 22.9 Å². The molecule has 0 spiro atoms. The molecule has 29 heavy (non-hydrogen) atoms. The maximum atomic E-state index is 13.0. The number of hydrogen-bond acceptors (Lipinski definition) is 6. The van der Waals surface area contributed by atoms with Gasteiger partial charge in [0, 0.05) is 10.5 Å². The van der Waals surface area contributed by atoms with Crippen molar-refractivity contribution in [2.45, 2.75) is 18.6 Å². The minimum Gasteiger partial charge on any atom is -0.497 e. The molecule has 1 saturated heterocycles. The lowest BCUT2D eigenvalue weighted by Crippen LogP contribution is -2.47. The van der Waals surface area contributed by atoms with Crippen molar-refractivity contribution in [2.24, 2.45) is 0 Å². The van der Waals surface area contributed by atoms with E-state index < -0.39 is 5.25 Å². The third-order valence-corrected chi connectivity index (χ3v) is 5.55. The number of hydrogen-bond donors (Lipinski definition) is 1. The fourth-order valence-electron chi connectivity index (χ4n) is 2.72. The van der Waals surface area contributed by atoms with Crippen LogP contribution in [0.5, 0.6) is 0 Å². The van der Waals surface area contributed by atoms with Crippen LogP contribution in [0.25, 0.3) is 0 Å². The topological polar surface area (TPSA) is 87.2 Å². The molecule has 154 valence electrons. The maximum Gasteiger partial charge on any atom is 0.242 e. The summed E-state index contributed by atoms with van der Waals surface area (Å²) in [5.41, 5.74) is 0.854. The highest BCUT2D eigenvalue weighted by atomic mass is 32.2. The van der Waals surface area contributed by atoms with Crippen molar-refractivity contribution in [2.75, 3.05) is 20.2 Å². The number of fused-ring (bicyclic) bond motifs is 1. The molecule has 2 aliphatic rings. The van der Waals surface area contributed by atoms with Gasteiger partial charge in [-0.25, -0.2) is 5.06 Å². The van der Waals surface area contributed by atoms with Crippen molar-refractivity contribution in [3.8, 4) is 0 Å². The van der Waals surface area contributed by atoms with Crippen LogP contribution >= 0.6 is 11.8 Å². The first-order valence-corrected chi connectivity index (χ1v) is 9.85. The SMILES string of the molecule is C=C(/C=C\C(=C/C)OC)C(=O)CN1C(=O)C(CN(O)C=O)SC2=CCC=CC=C21. The Morgan fingerprint density at radius 3 is 2.90 bits per heavy atom. The van der Waals surface area contributed by atoms with Crippen LogP contribution < -0.4 is 0 Å². The normalized spacial score (nSPS) is 19.3. The summed E-state index contributed by atoms with van der Waals surface area (Å²) in [7, 11) is 1.53. The molecule has 0 saturated carbocycles. The first-order chi connectivity index (χ1) is 13.9. The lowest BCUT2D eigenvalue weighted by atomic mass is 10.1. The number of nitrogens with zero attached hydrogens (tertiary/aromatic N) is 2. The third kappa shape index (κ3) is 5.82. The smallest absolute Gasteiger partial charge is 0.242 e. The van der Waals surface area contributed by atoms with E-state index >= 15 is 0 Å². The van der Waals surface area contributed by atoms with Crippen molar-refractivity contribution in [3.63, 3.8) is 0 Å². The van der Waals surface area contributed by atoms with Gasteiger partial charge >= 0.3 is 0 Å². The van der Waals surface area contributed by atoms with E-state index in [1.54, 1.807) is 24.3 Å². The number of amides is 2. The quantitative estimate of drug-likeness (QED) is 0.155. The van der Waals surface area contributed by atoms with Gasteiger partial charge in [0.05, 0.1) is 25.9 Å². The summed E-state index contributed by atoms with van der Waals surface area (Å²) in [6, 6.07) is 0. The second-order valence-electron chi connectivity index (χ2n) is 6.22. The molecule has 0 aromatic rings. The molecule has 0 radical (unpaired) electrons. The van der Waals surface area contributed by atoms with Crippen molar-refractivity contribution in [1.29, 1.82) is 0 Å². The third-order valence-electron chi connectivity index (χ3n) is 4.29. The molecule has 8 heteroatoms. The van der Waals surface area contributed by atoms with Crippen molar-refractivity contribution in [3.05, 3.63) is 71.0 Å².